The molecule has 0 bridgehead atoms. The Morgan fingerprint density at radius 1 is 1.30 bits per heavy atom. The molecule has 2 heterocycles. The Morgan fingerprint density at radius 2 is 2.20 bits per heavy atom. The SMILES string of the molecule is O=C(Nc1ccc(Cl)nc1)c1ccc2c(c1)SNC=N2. The number of anilines is 1. The summed E-state index contributed by atoms with van der Waals surface area (Å²) in [6, 6.07) is 8.67. The Balaban J connectivity index is 1.80. The van der Waals surface area contributed by atoms with Crippen LogP contribution in [-0.2, 0) is 0 Å². The molecule has 2 aromatic rings. The Labute approximate surface area is 124 Å². The number of fused-ring (bicyclic) bond motifs is 1. The second kappa shape index (κ2) is 5.52. The molecular formula is C13H9ClN4OS. The molecule has 0 atom stereocenters. The predicted octanol–water partition coefficient (Wildman–Crippen LogP) is 3.26. The monoisotopic (exact) mass is 304 g/mol. The van der Waals surface area contributed by atoms with Crippen LogP contribution in [0, 0.1) is 0 Å². The fourth-order valence-electron chi connectivity index (χ4n) is 1.68. The first-order valence-corrected chi connectivity index (χ1v) is 6.94. The summed E-state index contributed by atoms with van der Waals surface area (Å²) in [5.74, 6) is -0.202. The van der Waals surface area contributed by atoms with Crippen LogP contribution in [0.1, 0.15) is 10.4 Å². The molecule has 3 rings (SSSR count). The highest BCUT2D eigenvalue weighted by atomic mass is 35.5. The third-order valence-corrected chi connectivity index (χ3v) is 3.63. The summed E-state index contributed by atoms with van der Waals surface area (Å²) < 4.78 is 2.93. The van der Waals surface area contributed by atoms with E-state index in [0.29, 0.717) is 16.4 Å². The average Bonchev–Trinajstić information content (AvgIpc) is 2.49. The number of aliphatic imine (C=N–C) groups is 1. The molecule has 1 aliphatic rings. The summed E-state index contributed by atoms with van der Waals surface area (Å²) >= 11 is 7.12. The van der Waals surface area contributed by atoms with Crippen LogP contribution in [0.3, 0.4) is 0 Å². The van der Waals surface area contributed by atoms with Gasteiger partial charge in [-0.2, -0.15) is 0 Å². The number of amides is 1. The van der Waals surface area contributed by atoms with Crippen molar-refractivity contribution in [3.8, 4) is 0 Å². The molecule has 0 unspecified atom stereocenters. The smallest absolute Gasteiger partial charge is 0.255 e. The molecule has 0 radical (unpaired) electrons. The van der Waals surface area contributed by atoms with Crippen LogP contribution in [0.4, 0.5) is 11.4 Å². The first-order chi connectivity index (χ1) is 9.72. The van der Waals surface area contributed by atoms with Gasteiger partial charge in [0.2, 0.25) is 0 Å². The zero-order valence-electron chi connectivity index (χ0n) is 10.1. The predicted molar refractivity (Wildman–Crippen MR) is 80.8 cm³/mol. The number of aromatic nitrogens is 1. The minimum atomic E-state index is -0.202. The number of halogens is 1. The maximum atomic E-state index is 12.1. The van der Waals surface area contributed by atoms with Gasteiger partial charge in [0.05, 0.1) is 28.8 Å². The standard InChI is InChI=1S/C13H9ClN4OS/c14-12-4-2-9(6-15-12)18-13(19)8-1-3-10-11(5-8)20-17-7-16-10/h1-7H,(H,16,17)(H,18,19). The van der Waals surface area contributed by atoms with E-state index in [1.54, 1.807) is 30.6 Å². The highest BCUT2D eigenvalue weighted by Crippen LogP contribution is 2.30. The maximum Gasteiger partial charge on any atom is 0.255 e. The topological polar surface area (TPSA) is 66.4 Å². The second-order valence-corrected chi connectivity index (χ2v) is 5.25. The summed E-state index contributed by atoms with van der Waals surface area (Å²) in [4.78, 5) is 21.1. The van der Waals surface area contributed by atoms with Crippen LogP contribution in [0.5, 0.6) is 0 Å². The number of hydrogen-bond acceptors (Lipinski definition) is 5. The van der Waals surface area contributed by atoms with Gasteiger partial charge in [-0.3, -0.25) is 4.79 Å². The molecule has 0 fully saturated rings. The lowest BCUT2D eigenvalue weighted by atomic mass is 10.2. The average molecular weight is 305 g/mol. The molecule has 20 heavy (non-hydrogen) atoms. The van der Waals surface area contributed by atoms with Gasteiger partial charge in [0.15, 0.2) is 0 Å². The fraction of sp³-hybridized carbons (Fsp3) is 0. The lowest BCUT2D eigenvalue weighted by Gasteiger charge is -2.11. The minimum absolute atomic E-state index is 0.202. The number of hydrogen-bond donors (Lipinski definition) is 2. The molecule has 0 saturated heterocycles. The number of pyridine rings is 1. The number of rotatable bonds is 2. The largest absolute Gasteiger partial charge is 0.321 e. The van der Waals surface area contributed by atoms with E-state index in [9.17, 15) is 4.79 Å². The zero-order chi connectivity index (χ0) is 13.9. The van der Waals surface area contributed by atoms with Crippen LogP contribution in [0.15, 0.2) is 46.4 Å². The first kappa shape index (κ1) is 13.0. The van der Waals surface area contributed by atoms with Crippen molar-refractivity contribution in [1.29, 1.82) is 0 Å². The Bertz CT molecular complexity index is 687. The van der Waals surface area contributed by atoms with Crippen molar-refractivity contribution in [3.63, 3.8) is 0 Å². The molecular weight excluding hydrogens is 296 g/mol. The molecule has 1 aromatic heterocycles. The minimum Gasteiger partial charge on any atom is -0.321 e. The van der Waals surface area contributed by atoms with Crippen molar-refractivity contribution < 1.29 is 4.79 Å². The van der Waals surface area contributed by atoms with Gasteiger partial charge in [0.25, 0.3) is 5.91 Å². The molecule has 100 valence electrons. The van der Waals surface area contributed by atoms with Crippen LogP contribution in [0.25, 0.3) is 0 Å². The van der Waals surface area contributed by atoms with Crippen molar-refractivity contribution >= 4 is 47.2 Å². The van der Waals surface area contributed by atoms with Crippen molar-refractivity contribution in [1.82, 2.24) is 9.71 Å². The molecule has 0 spiro atoms. The summed E-state index contributed by atoms with van der Waals surface area (Å²) in [6.45, 7) is 0. The van der Waals surface area contributed by atoms with Gasteiger partial charge in [-0.1, -0.05) is 11.6 Å². The second-order valence-electron chi connectivity index (χ2n) is 3.98. The zero-order valence-corrected chi connectivity index (χ0v) is 11.7. The van der Waals surface area contributed by atoms with Crippen LogP contribution >= 0.6 is 23.5 Å². The van der Waals surface area contributed by atoms with E-state index >= 15 is 0 Å². The lowest BCUT2D eigenvalue weighted by Crippen LogP contribution is -2.12. The third kappa shape index (κ3) is 2.76. The normalized spacial score (nSPS) is 12.4. The lowest BCUT2D eigenvalue weighted by molar-refractivity contribution is 0.102. The molecule has 1 aromatic carbocycles. The van der Waals surface area contributed by atoms with E-state index in [2.05, 4.69) is 20.0 Å². The third-order valence-electron chi connectivity index (χ3n) is 2.63. The number of nitrogens with zero attached hydrogens (tertiary/aromatic N) is 2. The number of nitrogens with one attached hydrogen (secondary N) is 2. The van der Waals surface area contributed by atoms with E-state index in [1.165, 1.54) is 18.1 Å². The summed E-state index contributed by atoms with van der Waals surface area (Å²) in [7, 11) is 0. The van der Waals surface area contributed by atoms with Crippen molar-refractivity contribution in [2.24, 2.45) is 4.99 Å². The van der Waals surface area contributed by atoms with Gasteiger partial charge < -0.3 is 10.0 Å². The molecule has 7 heteroatoms. The van der Waals surface area contributed by atoms with Crippen LogP contribution < -0.4 is 10.0 Å². The van der Waals surface area contributed by atoms with Crippen LogP contribution in [0.2, 0.25) is 5.15 Å². The van der Waals surface area contributed by atoms with Crippen LogP contribution in [-0.4, -0.2) is 17.2 Å². The van der Waals surface area contributed by atoms with Gasteiger partial charge in [0, 0.05) is 5.56 Å². The Kier molecular flexibility index (Phi) is 3.58. The number of benzene rings is 1. The van der Waals surface area contributed by atoms with Gasteiger partial charge in [-0.25, -0.2) is 9.98 Å². The van der Waals surface area contributed by atoms with E-state index in [0.717, 1.165) is 10.6 Å². The number of carbonyl (C=O) groups excluding carboxylic acids is 1. The van der Waals surface area contributed by atoms with E-state index < -0.39 is 0 Å². The Hall–Kier alpha value is -2.05. The van der Waals surface area contributed by atoms with E-state index in [1.807, 2.05) is 6.07 Å². The van der Waals surface area contributed by atoms with Crippen molar-refractivity contribution in [3.05, 3.63) is 47.2 Å². The fourth-order valence-corrected chi connectivity index (χ4v) is 2.44. The highest BCUT2D eigenvalue weighted by Gasteiger charge is 2.12. The summed E-state index contributed by atoms with van der Waals surface area (Å²) in [6.07, 6.45) is 3.13. The first-order valence-electron chi connectivity index (χ1n) is 5.74. The van der Waals surface area contributed by atoms with Gasteiger partial charge in [-0.05, 0) is 42.3 Å². The summed E-state index contributed by atoms with van der Waals surface area (Å²) in [5, 5.41) is 3.15. The maximum absolute atomic E-state index is 12.1. The molecule has 5 nitrogen and oxygen atoms in total. The molecule has 1 amide bonds. The Morgan fingerprint density at radius 3 is 3.00 bits per heavy atom. The van der Waals surface area contributed by atoms with Gasteiger partial charge in [0.1, 0.15) is 5.15 Å². The van der Waals surface area contributed by atoms with Gasteiger partial charge in [-0.15, -0.1) is 0 Å². The van der Waals surface area contributed by atoms with E-state index in [-0.39, 0.29) is 5.91 Å². The van der Waals surface area contributed by atoms with Gasteiger partial charge >= 0.3 is 0 Å². The quantitative estimate of drug-likeness (QED) is 0.660. The van der Waals surface area contributed by atoms with E-state index in [4.69, 9.17) is 11.6 Å². The van der Waals surface area contributed by atoms with Crippen molar-refractivity contribution in [2.75, 3.05) is 5.32 Å². The molecule has 1 aliphatic heterocycles. The molecule has 0 saturated carbocycles. The van der Waals surface area contributed by atoms with Crippen molar-refractivity contribution in [2.45, 2.75) is 4.90 Å². The highest BCUT2D eigenvalue weighted by molar-refractivity contribution is 7.98. The molecule has 2 N–H and O–H groups in total. The molecule has 0 aliphatic carbocycles. The summed E-state index contributed by atoms with van der Waals surface area (Å²) in [5.41, 5.74) is 2.00. The number of carbonyl (C=O) groups is 1.